The van der Waals surface area contributed by atoms with Crippen LogP contribution in [0.1, 0.15) is 10.4 Å². The Hall–Kier alpha value is -3.08. The molecule has 0 radical (unpaired) electrons. The SMILES string of the molecule is O=C(NCCOc1ccccc1)c1cc2ccccc2oc1=O. The second kappa shape index (κ2) is 6.79. The van der Waals surface area contributed by atoms with Gasteiger partial charge >= 0.3 is 5.63 Å². The van der Waals surface area contributed by atoms with Gasteiger partial charge in [-0.25, -0.2) is 4.79 Å². The van der Waals surface area contributed by atoms with Crippen LogP contribution in [0.25, 0.3) is 11.0 Å². The molecule has 0 saturated carbocycles. The lowest BCUT2D eigenvalue weighted by atomic mass is 10.2. The van der Waals surface area contributed by atoms with Crippen LogP contribution in [0.4, 0.5) is 0 Å². The molecule has 2 aromatic carbocycles. The Kier molecular flexibility index (Phi) is 4.38. The van der Waals surface area contributed by atoms with E-state index in [0.29, 0.717) is 24.1 Å². The van der Waals surface area contributed by atoms with E-state index in [-0.39, 0.29) is 5.56 Å². The van der Waals surface area contributed by atoms with Gasteiger partial charge in [-0.15, -0.1) is 0 Å². The minimum absolute atomic E-state index is 0.0107. The number of amides is 1. The van der Waals surface area contributed by atoms with E-state index < -0.39 is 11.5 Å². The molecule has 0 aliphatic carbocycles. The summed E-state index contributed by atoms with van der Waals surface area (Å²) in [6.07, 6.45) is 0. The second-order valence-electron chi connectivity index (χ2n) is 4.90. The third-order valence-corrected chi connectivity index (χ3v) is 3.29. The van der Waals surface area contributed by atoms with Crippen LogP contribution in [0.5, 0.6) is 5.75 Å². The van der Waals surface area contributed by atoms with Gasteiger partial charge in [-0.2, -0.15) is 0 Å². The summed E-state index contributed by atoms with van der Waals surface area (Å²) in [7, 11) is 0. The van der Waals surface area contributed by atoms with Crippen molar-refractivity contribution in [1.29, 1.82) is 0 Å². The van der Waals surface area contributed by atoms with Gasteiger partial charge < -0.3 is 14.5 Å². The zero-order chi connectivity index (χ0) is 16.1. The fraction of sp³-hybridized carbons (Fsp3) is 0.111. The average Bonchev–Trinajstić information content (AvgIpc) is 2.59. The highest BCUT2D eigenvalue weighted by molar-refractivity contribution is 5.96. The number of fused-ring (bicyclic) bond motifs is 1. The molecule has 23 heavy (non-hydrogen) atoms. The molecule has 1 aromatic heterocycles. The summed E-state index contributed by atoms with van der Waals surface area (Å²) in [5.41, 5.74) is -0.199. The third kappa shape index (κ3) is 3.58. The maximum absolute atomic E-state index is 12.1. The number of para-hydroxylation sites is 2. The van der Waals surface area contributed by atoms with E-state index in [1.54, 1.807) is 18.2 Å². The molecule has 3 rings (SSSR count). The summed E-state index contributed by atoms with van der Waals surface area (Å²) in [4.78, 5) is 24.0. The molecule has 1 N–H and O–H groups in total. The van der Waals surface area contributed by atoms with Gasteiger partial charge in [0.05, 0.1) is 6.54 Å². The molecule has 0 saturated heterocycles. The van der Waals surface area contributed by atoms with Crippen LogP contribution < -0.4 is 15.7 Å². The predicted molar refractivity (Wildman–Crippen MR) is 86.8 cm³/mol. The average molecular weight is 309 g/mol. The van der Waals surface area contributed by atoms with Gasteiger partial charge in [0.25, 0.3) is 5.91 Å². The van der Waals surface area contributed by atoms with Crippen LogP contribution in [0, 0.1) is 0 Å². The van der Waals surface area contributed by atoms with Crippen LogP contribution in [0.3, 0.4) is 0 Å². The number of nitrogens with one attached hydrogen (secondary N) is 1. The van der Waals surface area contributed by atoms with E-state index in [1.165, 1.54) is 6.07 Å². The van der Waals surface area contributed by atoms with E-state index in [4.69, 9.17) is 9.15 Å². The van der Waals surface area contributed by atoms with Crippen LogP contribution in [0.2, 0.25) is 0 Å². The van der Waals surface area contributed by atoms with E-state index in [9.17, 15) is 9.59 Å². The smallest absolute Gasteiger partial charge is 0.349 e. The number of benzene rings is 2. The zero-order valence-corrected chi connectivity index (χ0v) is 12.3. The van der Waals surface area contributed by atoms with Gasteiger partial charge in [0.15, 0.2) is 0 Å². The number of carbonyl (C=O) groups is 1. The first-order chi connectivity index (χ1) is 11.2. The third-order valence-electron chi connectivity index (χ3n) is 3.29. The second-order valence-corrected chi connectivity index (χ2v) is 4.90. The lowest BCUT2D eigenvalue weighted by molar-refractivity contribution is 0.0943. The molecule has 0 unspecified atom stereocenters. The Balaban J connectivity index is 1.62. The summed E-state index contributed by atoms with van der Waals surface area (Å²) in [5, 5.41) is 3.36. The van der Waals surface area contributed by atoms with Crippen molar-refractivity contribution in [2.45, 2.75) is 0 Å². The van der Waals surface area contributed by atoms with Gasteiger partial charge in [-0.05, 0) is 24.3 Å². The van der Waals surface area contributed by atoms with E-state index in [2.05, 4.69) is 5.32 Å². The van der Waals surface area contributed by atoms with Gasteiger partial charge in [0.1, 0.15) is 23.5 Å². The molecule has 1 heterocycles. The largest absolute Gasteiger partial charge is 0.492 e. The molecule has 0 spiro atoms. The minimum Gasteiger partial charge on any atom is -0.492 e. The molecular formula is C18H15NO4. The number of hydrogen-bond acceptors (Lipinski definition) is 4. The molecule has 0 aliphatic rings. The number of hydrogen-bond donors (Lipinski definition) is 1. The predicted octanol–water partition coefficient (Wildman–Crippen LogP) is 2.60. The van der Waals surface area contributed by atoms with E-state index >= 15 is 0 Å². The minimum atomic E-state index is -0.648. The first-order valence-electron chi connectivity index (χ1n) is 7.23. The summed E-state index contributed by atoms with van der Waals surface area (Å²) in [6, 6.07) is 17.9. The van der Waals surface area contributed by atoms with Crippen molar-refractivity contribution < 1.29 is 13.9 Å². The molecule has 1 amide bonds. The summed E-state index contributed by atoms with van der Waals surface area (Å²) in [5.74, 6) is 0.258. The lowest BCUT2D eigenvalue weighted by Gasteiger charge is -2.07. The van der Waals surface area contributed by atoms with Crippen molar-refractivity contribution in [3.8, 4) is 5.75 Å². The highest BCUT2D eigenvalue weighted by Gasteiger charge is 2.12. The van der Waals surface area contributed by atoms with Gasteiger partial charge in [-0.3, -0.25) is 4.79 Å². The fourth-order valence-corrected chi connectivity index (χ4v) is 2.17. The number of carbonyl (C=O) groups excluding carboxylic acids is 1. The fourth-order valence-electron chi connectivity index (χ4n) is 2.17. The molecule has 0 aliphatic heterocycles. The topological polar surface area (TPSA) is 68.5 Å². The van der Waals surface area contributed by atoms with Crippen molar-refractivity contribution in [1.82, 2.24) is 5.32 Å². The molecule has 116 valence electrons. The first-order valence-corrected chi connectivity index (χ1v) is 7.23. The van der Waals surface area contributed by atoms with Crippen LogP contribution >= 0.6 is 0 Å². The van der Waals surface area contributed by atoms with Crippen LogP contribution in [-0.2, 0) is 0 Å². The summed E-state index contributed by atoms with van der Waals surface area (Å²) in [6.45, 7) is 0.606. The normalized spacial score (nSPS) is 10.4. The Labute approximate surface area is 132 Å². The van der Waals surface area contributed by atoms with Crippen LogP contribution in [0.15, 0.2) is 69.9 Å². The molecule has 0 fully saturated rings. The molecule has 5 nitrogen and oxygen atoms in total. The maximum atomic E-state index is 12.1. The maximum Gasteiger partial charge on any atom is 0.349 e. The van der Waals surface area contributed by atoms with E-state index in [0.717, 1.165) is 5.75 Å². The van der Waals surface area contributed by atoms with Crippen molar-refractivity contribution in [3.05, 3.63) is 76.6 Å². The molecule has 0 bridgehead atoms. The Morgan fingerprint density at radius 3 is 2.61 bits per heavy atom. The highest BCUT2D eigenvalue weighted by Crippen LogP contribution is 2.12. The van der Waals surface area contributed by atoms with E-state index in [1.807, 2.05) is 36.4 Å². The summed E-state index contributed by atoms with van der Waals surface area (Å²) >= 11 is 0. The van der Waals surface area contributed by atoms with Gasteiger partial charge in [-0.1, -0.05) is 36.4 Å². The quantitative estimate of drug-likeness (QED) is 0.581. The monoisotopic (exact) mass is 309 g/mol. The summed E-state index contributed by atoms with van der Waals surface area (Å²) < 4.78 is 10.6. The molecule has 3 aromatic rings. The van der Waals surface area contributed by atoms with Crippen molar-refractivity contribution in [3.63, 3.8) is 0 Å². The Bertz CT molecular complexity index is 871. The Morgan fingerprint density at radius 2 is 1.78 bits per heavy atom. The van der Waals surface area contributed by atoms with Gasteiger partial charge in [0.2, 0.25) is 0 Å². The lowest BCUT2D eigenvalue weighted by Crippen LogP contribution is -2.31. The Morgan fingerprint density at radius 1 is 1.04 bits per heavy atom. The standard InChI is InChI=1S/C18H15NO4/c20-17(19-10-11-22-14-7-2-1-3-8-14)15-12-13-6-4-5-9-16(13)23-18(15)21/h1-9,12H,10-11H2,(H,19,20). The van der Waals surface area contributed by atoms with Crippen molar-refractivity contribution >= 4 is 16.9 Å². The highest BCUT2D eigenvalue weighted by atomic mass is 16.5. The molecular weight excluding hydrogens is 294 g/mol. The van der Waals surface area contributed by atoms with Gasteiger partial charge in [0, 0.05) is 5.39 Å². The number of rotatable bonds is 5. The zero-order valence-electron chi connectivity index (χ0n) is 12.3. The molecule has 5 heteroatoms. The first kappa shape index (κ1) is 14.8. The van der Waals surface area contributed by atoms with Crippen LogP contribution in [-0.4, -0.2) is 19.1 Å². The number of ether oxygens (including phenoxy) is 1. The molecule has 0 atom stereocenters. The van der Waals surface area contributed by atoms with Crippen molar-refractivity contribution in [2.24, 2.45) is 0 Å². The van der Waals surface area contributed by atoms with Crippen molar-refractivity contribution in [2.75, 3.05) is 13.2 Å².